The van der Waals surface area contributed by atoms with E-state index in [1.165, 1.54) is 12.8 Å². The van der Waals surface area contributed by atoms with Crippen molar-refractivity contribution in [3.05, 3.63) is 0 Å². The van der Waals surface area contributed by atoms with Gasteiger partial charge in [-0.15, -0.1) is 0 Å². The van der Waals surface area contributed by atoms with Gasteiger partial charge in [0, 0.05) is 19.0 Å². The number of carbonyl (C=O) groups is 2. The van der Waals surface area contributed by atoms with Crippen LogP contribution in [-0.4, -0.2) is 30.2 Å². The first-order valence-corrected chi connectivity index (χ1v) is 7.04. The van der Waals surface area contributed by atoms with E-state index in [9.17, 15) is 9.59 Å². The molecule has 19 heavy (non-hydrogen) atoms. The maximum atomic E-state index is 11.7. The molecule has 0 aromatic heterocycles. The molecule has 110 valence electrons. The Morgan fingerprint density at radius 3 is 2.47 bits per heavy atom. The van der Waals surface area contributed by atoms with E-state index in [2.05, 4.69) is 17.6 Å². The first kappa shape index (κ1) is 15.8. The Labute approximate surface area is 115 Å². The molecule has 0 bridgehead atoms. The average Bonchev–Trinajstić information content (AvgIpc) is 2.61. The first-order chi connectivity index (χ1) is 8.78. The largest absolute Gasteiger partial charge is 0.444 e. The van der Waals surface area contributed by atoms with Crippen LogP contribution in [0.2, 0.25) is 0 Å². The summed E-state index contributed by atoms with van der Waals surface area (Å²) >= 11 is 0. The zero-order valence-electron chi connectivity index (χ0n) is 12.4. The van der Waals surface area contributed by atoms with Crippen molar-refractivity contribution in [2.24, 2.45) is 5.92 Å². The van der Waals surface area contributed by atoms with Gasteiger partial charge >= 0.3 is 6.09 Å². The van der Waals surface area contributed by atoms with Gasteiger partial charge in [-0.25, -0.2) is 4.79 Å². The molecular weight excluding hydrogens is 244 g/mol. The van der Waals surface area contributed by atoms with E-state index in [0.29, 0.717) is 24.9 Å². The lowest BCUT2D eigenvalue weighted by molar-refractivity contribution is -0.121. The van der Waals surface area contributed by atoms with E-state index in [1.807, 2.05) is 0 Å². The second kappa shape index (κ2) is 6.78. The van der Waals surface area contributed by atoms with Crippen molar-refractivity contribution >= 4 is 12.0 Å². The van der Waals surface area contributed by atoms with Crippen LogP contribution in [0.25, 0.3) is 0 Å². The topological polar surface area (TPSA) is 67.4 Å². The molecule has 2 atom stereocenters. The van der Waals surface area contributed by atoms with Crippen LogP contribution in [0, 0.1) is 5.92 Å². The molecule has 0 radical (unpaired) electrons. The highest BCUT2D eigenvalue weighted by molar-refractivity contribution is 5.77. The molecule has 1 saturated carbocycles. The van der Waals surface area contributed by atoms with Gasteiger partial charge in [0.1, 0.15) is 5.60 Å². The number of hydrogen-bond acceptors (Lipinski definition) is 3. The fourth-order valence-corrected chi connectivity index (χ4v) is 2.23. The summed E-state index contributed by atoms with van der Waals surface area (Å²) in [6.45, 7) is 7.89. The highest BCUT2D eigenvalue weighted by Gasteiger charge is 2.24. The molecule has 0 aliphatic heterocycles. The Balaban J connectivity index is 2.15. The molecule has 5 nitrogen and oxygen atoms in total. The monoisotopic (exact) mass is 270 g/mol. The predicted molar refractivity (Wildman–Crippen MR) is 73.8 cm³/mol. The highest BCUT2D eigenvalue weighted by Crippen LogP contribution is 2.24. The van der Waals surface area contributed by atoms with Crippen molar-refractivity contribution in [2.45, 2.75) is 65.0 Å². The predicted octanol–water partition coefficient (Wildman–Crippen LogP) is 2.21. The van der Waals surface area contributed by atoms with Gasteiger partial charge in [0.15, 0.2) is 0 Å². The van der Waals surface area contributed by atoms with E-state index in [-0.39, 0.29) is 5.91 Å². The van der Waals surface area contributed by atoms with Crippen LogP contribution < -0.4 is 10.6 Å². The number of amides is 2. The molecule has 2 unspecified atom stereocenters. The van der Waals surface area contributed by atoms with Crippen molar-refractivity contribution in [3.63, 3.8) is 0 Å². The van der Waals surface area contributed by atoms with Crippen molar-refractivity contribution in [3.8, 4) is 0 Å². The summed E-state index contributed by atoms with van der Waals surface area (Å²) in [7, 11) is 0. The summed E-state index contributed by atoms with van der Waals surface area (Å²) in [5.74, 6) is 0.553. The summed E-state index contributed by atoms with van der Waals surface area (Å²) in [6.07, 6.45) is 3.24. The molecule has 2 N–H and O–H groups in total. The minimum atomic E-state index is -0.508. The summed E-state index contributed by atoms with van der Waals surface area (Å²) in [5.41, 5.74) is -0.508. The zero-order chi connectivity index (χ0) is 14.5. The fourth-order valence-electron chi connectivity index (χ4n) is 2.23. The van der Waals surface area contributed by atoms with Gasteiger partial charge in [-0.3, -0.25) is 4.79 Å². The number of hydrogen-bond donors (Lipinski definition) is 2. The van der Waals surface area contributed by atoms with E-state index >= 15 is 0 Å². The summed E-state index contributed by atoms with van der Waals surface area (Å²) in [4.78, 5) is 23.1. The normalized spacial score (nSPS) is 22.9. The molecule has 1 rings (SSSR count). The van der Waals surface area contributed by atoms with Crippen LogP contribution >= 0.6 is 0 Å². The first-order valence-electron chi connectivity index (χ1n) is 7.04. The molecule has 1 aliphatic rings. The van der Waals surface area contributed by atoms with Gasteiger partial charge in [-0.1, -0.05) is 13.3 Å². The van der Waals surface area contributed by atoms with Crippen molar-refractivity contribution in [1.82, 2.24) is 10.6 Å². The Bertz CT molecular complexity index is 323. The molecule has 1 aliphatic carbocycles. The van der Waals surface area contributed by atoms with Crippen LogP contribution in [0.1, 0.15) is 53.4 Å². The molecule has 0 aromatic rings. The standard InChI is InChI=1S/C14H26N2O3/c1-10-6-5-7-11(10)16-12(17)8-9-15-13(18)19-14(2,3)4/h10-11H,5-9H2,1-4H3,(H,15,18)(H,16,17). The molecule has 0 heterocycles. The third-order valence-electron chi connectivity index (χ3n) is 3.23. The van der Waals surface area contributed by atoms with Gasteiger partial charge in [0.05, 0.1) is 0 Å². The molecule has 0 aromatic carbocycles. The van der Waals surface area contributed by atoms with Crippen molar-refractivity contribution in [1.29, 1.82) is 0 Å². The van der Waals surface area contributed by atoms with Crippen LogP contribution in [0.5, 0.6) is 0 Å². The van der Waals surface area contributed by atoms with Crippen LogP contribution in [0.4, 0.5) is 4.79 Å². The second-order valence-electron chi connectivity index (χ2n) is 6.26. The fraction of sp³-hybridized carbons (Fsp3) is 0.857. The maximum Gasteiger partial charge on any atom is 0.407 e. The minimum absolute atomic E-state index is 0.00481. The lowest BCUT2D eigenvalue weighted by Gasteiger charge is -2.20. The number of carbonyl (C=O) groups excluding carboxylic acids is 2. The molecule has 5 heteroatoms. The van der Waals surface area contributed by atoms with E-state index in [0.717, 1.165) is 6.42 Å². The Morgan fingerprint density at radius 1 is 1.26 bits per heavy atom. The number of nitrogens with one attached hydrogen (secondary N) is 2. The van der Waals surface area contributed by atoms with Gasteiger partial charge < -0.3 is 15.4 Å². The number of alkyl carbamates (subject to hydrolysis) is 1. The van der Waals surface area contributed by atoms with Crippen molar-refractivity contribution < 1.29 is 14.3 Å². The van der Waals surface area contributed by atoms with Crippen LogP contribution in [-0.2, 0) is 9.53 Å². The molecule has 2 amide bonds. The number of rotatable bonds is 4. The van der Waals surface area contributed by atoms with Crippen molar-refractivity contribution in [2.75, 3.05) is 6.54 Å². The third-order valence-corrected chi connectivity index (χ3v) is 3.23. The highest BCUT2D eigenvalue weighted by atomic mass is 16.6. The Kier molecular flexibility index (Phi) is 5.63. The molecule has 0 saturated heterocycles. The molecule has 0 spiro atoms. The van der Waals surface area contributed by atoms with Gasteiger partial charge in [0.25, 0.3) is 0 Å². The average molecular weight is 270 g/mol. The van der Waals surface area contributed by atoms with E-state index < -0.39 is 11.7 Å². The molecule has 1 fully saturated rings. The quantitative estimate of drug-likeness (QED) is 0.823. The van der Waals surface area contributed by atoms with Crippen LogP contribution in [0.15, 0.2) is 0 Å². The van der Waals surface area contributed by atoms with E-state index in [4.69, 9.17) is 4.74 Å². The third kappa shape index (κ3) is 6.45. The van der Waals surface area contributed by atoms with Gasteiger partial charge in [0.2, 0.25) is 5.91 Å². The molecular formula is C14H26N2O3. The minimum Gasteiger partial charge on any atom is -0.444 e. The summed E-state index contributed by atoms with van der Waals surface area (Å²) in [6, 6.07) is 0.300. The lowest BCUT2D eigenvalue weighted by atomic mass is 10.1. The van der Waals surface area contributed by atoms with Crippen LogP contribution in [0.3, 0.4) is 0 Å². The Hall–Kier alpha value is -1.26. The summed E-state index contributed by atoms with van der Waals surface area (Å²) in [5, 5.41) is 5.60. The lowest BCUT2D eigenvalue weighted by Crippen LogP contribution is -2.39. The van der Waals surface area contributed by atoms with Gasteiger partial charge in [-0.2, -0.15) is 0 Å². The Morgan fingerprint density at radius 2 is 1.95 bits per heavy atom. The van der Waals surface area contributed by atoms with E-state index in [1.54, 1.807) is 20.8 Å². The zero-order valence-corrected chi connectivity index (χ0v) is 12.4. The summed E-state index contributed by atoms with van der Waals surface area (Å²) < 4.78 is 5.09. The van der Waals surface area contributed by atoms with Gasteiger partial charge in [-0.05, 0) is 39.5 Å². The second-order valence-corrected chi connectivity index (χ2v) is 6.26. The maximum absolute atomic E-state index is 11.7. The number of ether oxygens (including phenoxy) is 1. The SMILES string of the molecule is CC1CCCC1NC(=O)CCNC(=O)OC(C)(C)C. The smallest absolute Gasteiger partial charge is 0.407 e.